The molecule has 0 atom stereocenters. The first kappa shape index (κ1) is 13.3. The lowest BCUT2D eigenvalue weighted by Crippen LogP contribution is -2.10. The number of rotatable bonds is 2. The Balaban J connectivity index is 2.78. The molecule has 4 heteroatoms. The van der Waals surface area contributed by atoms with Crippen LogP contribution in [0.4, 0.5) is 4.39 Å². The van der Waals surface area contributed by atoms with Crippen molar-refractivity contribution in [1.82, 2.24) is 4.98 Å². The SMILES string of the molecule is Cc1cc(Br)c(F)c2c(=O)cc(CC(C)C)[nH]c12. The monoisotopic (exact) mass is 311 g/mol. The van der Waals surface area contributed by atoms with Gasteiger partial charge in [0.05, 0.1) is 15.4 Å². The molecule has 0 saturated carbocycles. The Morgan fingerprint density at radius 2 is 2.06 bits per heavy atom. The number of aromatic amines is 1. The summed E-state index contributed by atoms with van der Waals surface area (Å²) < 4.78 is 14.3. The van der Waals surface area contributed by atoms with E-state index in [0.717, 1.165) is 17.7 Å². The molecule has 0 fully saturated rings. The number of nitrogens with one attached hydrogen (secondary N) is 1. The molecule has 1 heterocycles. The molecule has 0 radical (unpaired) electrons. The van der Waals surface area contributed by atoms with Crippen LogP contribution in [-0.4, -0.2) is 4.98 Å². The average Bonchev–Trinajstić information content (AvgIpc) is 2.24. The van der Waals surface area contributed by atoms with Crippen molar-refractivity contribution in [1.29, 1.82) is 0 Å². The third-order valence-electron chi connectivity index (χ3n) is 2.88. The van der Waals surface area contributed by atoms with Crippen molar-refractivity contribution in [3.8, 4) is 0 Å². The van der Waals surface area contributed by atoms with Crippen molar-refractivity contribution >= 4 is 26.8 Å². The Morgan fingerprint density at radius 3 is 2.67 bits per heavy atom. The van der Waals surface area contributed by atoms with Crippen LogP contribution in [0.25, 0.3) is 10.9 Å². The van der Waals surface area contributed by atoms with Gasteiger partial charge in [0.15, 0.2) is 11.2 Å². The molecule has 0 unspecified atom stereocenters. The van der Waals surface area contributed by atoms with Crippen molar-refractivity contribution < 1.29 is 4.39 Å². The third-order valence-corrected chi connectivity index (χ3v) is 3.46. The predicted molar refractivity (Wildman–Crippen MR) is 75.5 cm³/mol. The number of aromatic nitrogens is 1. The van der Waals surface area contributed by atoms with Crippen LogP contribution in [0.3, 0.4) is 0 Å². The number of aryl methyl sites for hydroxylation is 1. The summed E-state index contributed by atoms with van der Waals surface area (Å²) in [5.41, 5.74) is 2.05. The molecule has 1 N–H and O–H groups in total. The molecule has 2 aromatic rings. The maximum absolute atomic E-state index is 14.0. The highest BCUT2D eigenvalue weighted by molar-refractivity contribution is 9.10. The molecule has 0 aliphatic carbocycles. The fourth-order valence-electron chi connectivity index (χ4n) is 2.12. The van der Waals surface area contributed by atoms with E-state index in [-0.39, 0.29) is 10.8 Å². The van der Waals surface area contributed by atoms with Gasteiger partial charge in [-0.3, -0.25) is 4.79 Å². The summed E-state index contributed by atoms with van der Waals surface area (Å²) in [6.07, 6.45) is 0.780. The smallest absolute Gasteiger partial charge is 0.192 e. The normalized spacial score (nSPS) is 11.4. The molecule has 18 heavy (non-hydrogen) atoms. The number of hydrogen-bond acceptors (Lipinski definition) is 1. The van der Waals surface area contributed by atoms with Crippen LogP contribution < -0.4 is 5.43 Å². The standard InChI is InChI=1S/C14H15BrFNO/c1-7(2)4-9-6-11(18)12-13(16)10(15)5-8(3)14(12)17-9/h5-7H,4H2,1-3H3,(H,17,18). The lowest BCUT2D eigenvalue weighted by atomic mass is 10.0. The summed E-state index contributed by atoms with van der Waals surface area (Å²) in [6.45, 7) is 6.02. The molecular formula is C14H15BrFNO. The van der Waals surface area contributed by atoms with Crippen LogP contribution >= 0.6 is 15.9 Å². The van der Waals surface area contributed by atoms with Crippen molar-refractivity contribution in [2.45, 2.75) is 27.2 Å². The van der Waals surface area contributed by atoms with Crippen LogP contribution in [0.1, 0.15) is 25.1 Å². The quantitative estimate of drug-likeness (QED) is 0.895. The summed E-state index contributed by atoms with van der Waals surface area (Å²) >= 11 is 3.13. The van der Waals surface area contributed by atoms with Crippen molar-refractivity contribution in [2.24, 2.45) is 5.92 Å². The number of halogens is 2. The molecule has 0 spiro atoms. The Hall–Kier alpha value is -1.16. The average molecular weight is 312 g/mol. The molecule has 0 bridgehead atoms. The molecule has 1 aromatic carbocycles. The second-order valence-corrected chi connectivity index (χ2v) is 5.85. The van der Waals surface area contributed by atoms with E-state index in [1.807, 2.05) is 6.92 Å². The maximum atomic E-state index is 14.0. The Labute approximate surface area is 113 Å². The van der Waals surface area contributed by atoms with Gasteiger partial charge in [-0.2, -0.15) is 0 Å². The van der Waals surface area contributed by atoms with Gasteiger partial charge in [0.2, 0.25) is 0 Å². The van der Waals surface area contributed by atoms with Crippen LogP contribution in [0.5, 0.6) is 0 Å². The minimum absolute atomic E-state index is 0.134. The van der Waals surface area contributed by atoms with Crippen LogP contribution in [0.15, 0.2) is 21.4 Å². The zero-order valence-corrected chi connectivity index (χ0v) is 12.2. The highest BCUT2D eigenvalue weighted by Gasteiger charge is 2.13. The summed E-state index contributed by atoms with van der Waals surface area (Å²) in [6, 6.07) is 3.18. The zero-order valence-electron chi connectivity index (χ0n) is 10.6. The molecule has 0 aliphatic rings. The van der Waals surface area contributed by atoms with Crippen molar-refractivity contribution in [3.63, 3.8) is 0 Å². The third kappa shape index (κ3) is 2.34. The van der Waals surface area contributed by atoms with E-state index in [1.165, 1.54) is 6.07 Å². The summed E-state index contributed by atoms with van der Waals surface area (Å²) in [5, 5.41) is 0.134. The van der Waals surface area contributed by atoms with Crippen LogP contribution in [0.2, 0.25) is 0 Å². The van der Waals surface area contributed by atoms with Gasteiger partial charge in [0, 0.05) is 11.8 Å². The molecule has 1 aromatic heterocycles. The molecule has 0 amide bonds. The van der Waals surface area contributed by atoms with Gasteiger partial charge in [-0.15, -0.1) is 0 Å². The van der Waals surface area contributed by atoms with E-state index >= 15 is 0 Å². The van der Waals surface area contributed by atoms with Gasteiger partial charge in [0.1, 0.15) is 0 Å². The number of hydrogen-bond donors (Lipinski definition) is 1. The van der Waals surface area contributed by atoms with E-state index in [0.29, 0.717) is 15.9 Å². The van der Waals surface area contributed by atoms with E-state index in [1.54, 1.807) is 6.07 Å². The second kappa shape index (κ2) is 4.84. The molecular weight excluding hydrogens is 297 g/mol. The largest absolute Gasteiger partial charge is 0.358 e. The molecule has 0 saturated heterocycles. The maximum Gasteiger partial charge on any atom is 0.192 e. The van der Waals surface area contributed by atoms with Gasteiger partial charge in [0.25, 0.3) is 0 Å². The predicted octanol–water partition coefficient (Wildman–Crippen LogP) is 3.94. The molecule has 2 nitrogen and oxygen atoms in total. The highest BCUT2D eigenvalue weighted by Crippen LogP contribution is 2.25. The van der Waals surface area contributed by atoms with E-state index in [2.05, 4.69) is 34.8 Å². The van der Waals surface area contributed by atoms with Gasteiger partial charge in [-0.05, 0) is 46.8 Å². The van der Waals surface area contributed by atoms with Gasteiger partial charge in [-0.25, -0.2) is 4.39 Å². The first-order valence-electron chi connectivity index (χ1n) is 5.90. The zero-order chi connectivity index (χ0) is 13.4. The summed E-state index contributed by atoms with van der Waals surface area (Å²) in [7, 11) is 0. The van der Waals surface area contributed by atoms with E-state index in [9.17, 15) is 9.18 Å². The fraction of sp³-hybridized carbons (Fsp3) is 0.357. The highest BCUT2D eigenvalue weighted by atomic mass is 79.9. The first-order chi connectivity index (χ1) is 8.40. The fourth-order valence-corrected chi connectivity index (χ4v) is 2.66. The van der Waals surface area contributed by atoms with Crippen molar-refractivity contribution in [3.05, 3.63) is 43.9 Å². The number of H-pyrrole nitrogens is 1. The lowest BCUT2D eigenvalue weighted by molar-refractivity contribution is 0.628. The minimum Gasteiger partial charge on any atom is -0.358 e. The Kier molecular flexibility index (Phi) is 3.57. The number of fused-ring (bicyclic) bond motifs is 1. The molecule has 0 aliphatic heterocycles. The van der Waals surface area contributed by atoms with E-state index in [4.69, 9.17) is 0 Å². The lowest BCUT2D eigenvalue weighted by Gasteiger charge is -2.10. The summed E-state index contributed by atoms with van der Waals surface area (Å²) in [4.78, 5) is 15.2. The number of benzene rings is 1. The molecule has 96 valence electrons. The number of pyridine rings is 1. The van der Waals surface area contributed by atoms with E-state index < -0.39 is 5.82 Å². The van der Waals surface area contributed by atoms with Crippen molar-refractivity contribution in [2.75, 3.05) is 0 Å². The van der Waals surface area contributed by atoms with Gasteiger partial charge < -0.3 is 4.98 Å². The Bertz CT molecular complexity index is 661. The topological polar surface area (TPSA) is 32.9 Å². The van der Waals surface area contributed by atoms with Crippen LogP contribution in [-0.2, 0) is 6.42 Å². The summed E-state index contributed by atoms with van der Waals surface area (Å²) in [5.74, 6) is -0.0494. The molecule has 2 rings (SSSR count). The van der Waals surface area contributed by atoms with Crippen LogP contribution in [0, 0.1) is 18.7 Å². The first-order valence-corrected chi connectivity index (χ1v) is 6.70. The van der Waals surface area contributed by atoms with Gasteiger partial charge in [-0.1, -0.05) is 13.8 Å². The minimum atomic E-state index is -0.493. The van der Waals surface area contributed by atoms with Gasteiger partial charge >= 0.3 is 0 Å². The second-order valence-electron chi connectivity index (χ2n) is 5.00. The Morgan fingerprint density at radius 1 is 1.39 bits per heavy atom.